The largest absolute Gasteiger partial charge is 0.0843 e. The van der Waals surface area contributed by atoms with E-state index in [1.807, 2.05) is 18.2 Å². The monoisotopic (exact) mass is 420 g/mol. The van der Waals surface area contributed by atoms with Gasteiger partial charge in [0.05, 0.1) is 0 Å². The third-order valence-electron chi connectivity index (χ3n) is 6.47. The number of halogens is 2. The second kappa shape index (κ2) is 5.76. The lowest BCUT2D eigenvalue weighted by molar-refractivity contribution is 1.65. The summed E-state index contributed by atoms with van der Waals surface area (Å²) in [6.07, 6.45) is 0. The molecular formula is C28H14Cl2. The summed E-state index contributed by atoms with van der Waals surface area (Å²) in [7, 11) is 0. The summed E-state index contributed by atoms with van der Waals surface area (Å²) in [6, 6.07) is 30.1. The average Bonchev–Trinajstić information content (AvgIpc) is 3.09. The van der Waals surface area contributed by atoms with Gasteiger partial charge in [0.2, 0.25) is 0 Å². The van der Waals surface area contributed by atoms with Gasteiger partial charge in [-0.25, -0.2) is 0 Å². The van der Waals surface area contributed by atoms with Crippen molar-refractivity contribution in [2.24, 2.45) is 0 Å². The van der Waals surface area contributed by atoms with Crippen molar-refractivity contribution in [1.29, 1.82) is 0 Å². The smallest absolute Gasteiger partial charge is 0.0485 e. The van der Waals surface area contributed by atoms with E-state index in [0.29, 0.717) is 10.0 Å². The Kier molecular flexibility index (Phi) is 3.21. The summed E-state index contributed by atoms with van der Waals surface area (Å²) in [4.78, 5) is 0. The van der Waals surface area contributed by atoms with Crippen molar-refractivity contribution >= 4 is 55.5 Å². The Bertz CT molecular complexity index is 1660. The minimum Gasteiger partial charge on any atom is -0.0843 e. The van der Waals surface area contributed by atoms with Crippen molar-refractivity contribution in [3.8, 4) is 33.4 Å². The standard InChI is InChI=1S/C28H14Cl2/c29-17-9-11-25(30)22(13-17)21-14-24-19-7-2-1-6-18(19)23-12-16-5-3-4-15-8-10-20(21)28(26(15)16)27(23)24/h1-14H. The third-order valence-corrected chi connectivity index (χ3v) is 7.04. The summed E-state index contributed by atoms with van der Waals surface area (Å²) in [5.74, 6) is 0. The molecule has 0 fully saturated rings. The Morgan fingerprint density at radius 3 is 2.03 bits per heavy atom. The molecule has 30 heavy (non-hydrogen) atoms. The molecule has 6 aromatic rings. The third kappa shape index (κ3) is 2.03. The quantitative estimate of drug-likeness (QED) is 0.232. The van der Waals surface area contributed by atoms with Crippen molar-refractivity contribution in [3.63, 3.8) is 0 Å². The van der Waals surface area contributed by atoms with E-state index in [4.69, 9.17) is 23.2 Å². The molecule has 0 saturated carbocycles. The van der Waals surface area contributed by atoms with Crippen LogP contribution in [0, 0.1) is 0 Å². The van der Waals surface area contributed by atoms with E-state index in [2.05, 4.69) is 66.7 Å². The lowest BCUT2D eigenvalue weighted by Crippen LogP contribution is -1.90. The van der Waals surface area contributed by atoms with E-state index in [0.717, 1.165) is 11.1 Å². The fourth-order valence-corrected chi connectivity index (χ4v) is 5.64. The minimum absolute atomic E-state index is 0.692. The second-order valence-corrected chi connectivity index (χ2v) is 8.85. The maximum atomic E-state index is 6.67. The predicted octanol–water partition coefficient (Wildman–Crippen LogP) is 9.21. The first-order valence-electron chi connectivity index (χ1n) is 10.0. The van der Waals surface area contributed by atoms with Gasteiger partial charge in [-0.15, -0.1) is 0 Å². The van der Waals surface area contributed by atoms with Gasteiger partial charge in [0.15, 0.2) is 0 Å². The highest BCUT2D eigenvalue weighted by Gasteiger charge is 2.26. The topological polar surface area (TPSA) is 0 Å². The van der Waals surface area contributed by atoms with Crippen molar-refractivity contribution in [1.82, 2.24) is 0 Å². The molecule has 7 rings (SSSR count). The lowest BCUT2D eigenvalue weighted by Gasteiger charge is -2.17. The molecule has 1 aliphatic carbocycles. The van der Waals surface area contributed by atoms with Crippen LogP contribution in [0.15, 0.2) is 84.9 Å². The van der Waals surface area contributed by atoms with Crippen molar-refractivity contribution in [3.05, 3.63) is 95.0 Å². The molecule has 0 N–H and O–H groups in total. The van der Waals surface area contributed by atoms with Crippen molar-refractivity contribution in [2.75, 3.05) is 0 Å². The van der Waals surface area contributed by atoms with E-state index < -0.39 is 0 Å². The lowest BCUT2D eigenvalue weighted by atomic mass is 9.87. The van der Waals surface area contributed by atoms with Crippen LogP contribution in [0.2, 0.25) is 10.0 Å². The van der Waals surface area contributed by atoms with Crippen LogP contribution in [0.1, 0.15) is 0 Å². The summed E-state index contributed by atoms with van der Waals surface area (Å²) in [6.45, 7) is 0. The number of rotatable bonds is 1. The van der Waals surface area contributed by atoms with Gasteiger partial charge in [-0.2, -0.15) is 0 Å². The predicted molar refractivity (Wildman–Crippen MR) is 130 cm³/mol. The summed E-state index contributed by atoms with van der Waals surface area (Å²) >= 11 is 13.0. The molecule has 0 aromatic heterocycles. The molecule has 0 radical (unpaired) electrons. The Labute approximate surface area is 183 Å². The van der Waals surface area contributed by atoms with Crippen LogP contribution in [0.3, 0.4) is 0 Å². The van der Waals surface area contributed by atoms with Gasteiger partial charge < -0.3 is 0 Å². The van der Waals surface area contributed by atoms with Crippen LogP contribution >= 0.6 is 23.2 Å². The molecular weight excluding hydrogens is 407 g/mol. The number of hydrogen-bond donors (Lipinski definition) is 0. The molecule has 2 heteroatoms. The van der Waals surface area contributed by atoms with E-state index in [1.165, 1.54) is 54.6 Å². The molecule has 0 unspecified atom stereocenters. The zero-order chi connectivity index (χ0) is 20.0. The van der Waals surface area contributed by atoms with Gasteiger partial charge in [-0.3, -0.25) is 0 Å². The van der Waals surface area contributed by atoms with Gasteiger partial charge in [-0.1, -0.05) is 77.8 Å². The number of hydrogen-bond acceptors (Lipinski definition) is 0. The summed E-state index contributed by atoms with van der Waals surface area (Å²) in [5.41, 5.74) is 7.28. The van der Waals surface area contributed by atoms with Gasteiger partial charge in [0.1, 0.15) is 0 Å². The number of benzene rings is 6. The van der Waals surface area contributed by atoms with Crippen LogP contribution in [0.25, 0.3) is 65.7 Å². The molecule has 6 aromatic carbocycles. The fraction of sp³-hybridized carbons (Fsp3) is 0. The van der Waals surface area contributed by atoms with Crippen LogP contribution < -0.4 is 0 Å². The Morgan fingerprint density at radius 2 is 1.20 bits per heavy atom. The van der Waals surface area contributed by atoms with Gasteiger partial charge >= 0.3 is 0 Å². The van der Waals surface area contributed by atoms with Crippen molar-refractivity contribution < 1.29 is 0 Å². The first-order valence-corrected chi connectivity index (χ1v) is 10.8. The highest BCUT2D eigenvalue weighted by atomic mass is 35.5. The summed E-state index contributed by atoms with van der Waals surface area (Å²) in [5, 5.41) is 9.16. The van der Waals surface area contributed by atoms with Gasteiger partial charge in [0, 0.05) is 15.6 Å². The molecule has 0 atom stereocenters. The average molecular weight is 421 g/mol. The van der Waals surface area contributed by atoms with Crippen LogP contribution in [-0.2, 0) is 0 Å². The summed E-state index contributed by atoms with van der Waals surface area (Å²) < 4.78 is 0. The van der Waals surface area contributed by atoms with E-state index in [9.17, 15) is 0 Å². The maximum absolute atomic E-state index is 6.67. The van der Waals surface area contributed by atoms with E-state index >= 15 is 0 Å². The molecule has 0 amide bonds. The molecule has 0 saturated heterocycles. The normalized spacial score (nSPS) is 12.3. The molecule has 0 bridgehead atoms. The van der Waals surface area contributed by atoms with Crippen LogP contribution in [0.5, 0.6) is 0 Å². The fourth-order valence-electron chi connectivity index (χ4n) is 5.25. The zero-order valence-electron chi connectivity index (χ0n) is 15.8. The molecule has 0 spiro atoms. The van der Waals surface area contributed by atoms with E-state index in [-0.39, 0.29) is 0 Å². The van der Waals surface area contributed by atoms with Crippen LogP contribution in [0.4, 0.5) is 0 Å². The van der Waals surface area contributed by atoms with Gasteiger partial charge in [0.25, 0.3) is 0 Å². The minimum atomic E-state index is 0.692. The SMILES string of the molecule is Clc1ccc(Cl)c(-c2cc3c4c(cc5cccc6ccc2c4c65)-c2ccccc2-3)c1. The molecule has 1 aliphatic rings. The zero-order valence-corrected chi connectivity index (χ0v) is 17.4. The molecule has 0 heterocycles. The number of fused-ring (bicyclic) bond motifs is 3. The first kappa shape index (κ1) is 16.7. The maximum Gasteiger partial charge on any atom is 0.0485 e. The molecule has 0 aliphatic heterocycles. The van der Waals surface area contributed by atoms with Gasteiger partial charge in [-0.05, 0) is 90.5 Å². The molecule has 0 nitrogen and oxygen atoms in total. The first-order chi connectivity index (χ1) is 14.7. The second-order valence-electron chi connectivity index (χ2n) is 8.01. The van der Waals surface area contributed by atoms with E-state index in [1.54, 1.807) is 0 Å². The highest BCUT2D eigenvalue weighted by Crippen LogP contribution is 2.54. The van der Waals surface area contributed by atoms with Crippen LogP contribution in [-0.4, -0.2) is 0 Å². The Balaban J connectivity index is 1.78. The highest BCUT2D eigenvalue weighted by molar-refractivity contribution is 6.38. The Morgan fingerprint density at radius 1 is 0.433 bits per heavy atom. The molecule has 140 valence electrons. The van der Waals surface area contributed by atoms with Crippen molar-refractivity contribution in [2.45, 2.75) is 0 Å². The Hall–Kier alpha value is -3.06.